The molecule has 1 N–H and O–H groups in total. The number of thiophene rings is 1. The normalized spacial score (nSPS) is 19.7. The van der Waals surface area contributed by atoms with Gasteiger partial charge in [0.05, 0.1) is 8.45 Å². The summed E-state index contributed by atoms with van der Waals surface area (Å²) in [6.45, 7) is 0.801. The third-order valence-corrected chi connectivity index (χ3v) is 4.55. The fourth-order valence-corrected chi connectivity index (χ4v) is 3.14. The smallest absolute Gasteiger partial charge is 0.252 e. The average molecular weight is 347 g/mol. The maximum atomic E-state index is 11.8. The number of hydrogen-bond donors (Lipinski definition) is 1. The molecule has 1 aliphatic rings. The van der Waals surface area contributed by atoms with Gasteiger partial charge in [-0.2, -0.15) is 0 Å². The van der Waals surface area contributed by atoms with Crippen molar-refractivity contribution in [3.05, 3.63) is 32.0 Å². The van der Waals surface area contributed by atoms with Crippen LogP contribution in [0.15, 0.2) is 23.6 Å². The number of nitrogens with one attached hydrogen (secondary N) is 1. The Balaban J connectivity index is 1.81. The van der Waals surface area contributed by atoms with Crippen molar-refractivity contribution >= 4 is 39.8 Å². The Morgan fingerprint density at radius 1 is 1.56 bits per heavy atom. The number of hydrogen-bond acceptors (Lipinski definition) is 2. The lowest BCUT2D eigenvalue weighted by molar-refractivity contribution is 0.0946. The fourth-order valence-electron chi connectivity index (χ4n) is 1.81. The topological polar surface area (TPSA) is 29.1 Å². The van der Waals surface area contributed by atoms with Gasteiger partial charge in [0.2, 0.25) is 0 Å². The molecule has 0 aliphatic heterocycles. The minimum absolute atomic E-state index is 0.0636. The summed E-state index contributed by atoms with van der Waals surface area (Å²) in [6.07, 6.45) is 7.88. The molecule has 2 nitrogen and oxygen atoms in total. The summed E-state index contributed by atoms with van der Waals surface area (Å²) >= 11 is 3.84. The van der Waals surface area contributed by atoms with Crippen LogP contribution in [0.4, 0.5) is 0 Å². The molecule has 2 rings (SSSR count). The van der Waals surface area contributed by atoms with Gasteiger partial charge in [-0.05, 0) is 53.8 Å². The molecule has 0 fully saturated rings. The summed E-state index contributed by atoms with van der Waals surface area (Å²) in [4.78, 5) is 11.8. The molecular formula is C12H14INOS. The van der Waals surface area contributed by atoms with Gasteiger partial charge in [-0.25, -0.2) is 0 Å². The Morgan fingerprint density at radius 3 is 3.06 bits per heavy atom. The van der Waals surface area contributed by atoms with Crippen LogP contribution in [0.1, 0.15) is 29.6 Å². The van der Waals surface area contributed by atoms with E-state index in [1.54, 1.807) is 11.3 Å². The summed E-state index contributed by atoms with van der Waals surface area (Å²) < 4.78 is 1.16. The van der Waals surface area contributed by atoms with Crippen molar-refractivity contribution < 1.29 is 4.79 Å². The second kappa shape index (κ2) is 5.82. The van der Waals surface area contributed by atoms with Crippen molar-refractivity contribution in [3.63, 3.8) is 0 Å². The Kier molecular flexibility index (Phi) is 4.40. The number of amides is 1. The van der Waals surface area contributed by atoms with E-state index in [2.05, 4.69) is 40.1 Å². The summed E-state index contributed by atoms with van der Waals surface area (Å²) in [5, 5.41) is 4.93. The molecule has 1 heterocycles. The van der Waals surface area contributed by atoms with Crippen molar-refractivity contribution in [1.29, 1.82) is 0 Å². The highest BCUT2D eigenvalue weighted by atomic mass is 127. The molecule has 1 unspecified atom stereocenters. The van der Waals surface area contributed by atoms with Crippen LogP contribution in [0.2, 0.25) is 0 Å². The van der Waals surface area contributed by atoms with Crippen molar-refractivity contribution in [3.8, 4) is 0 Å². The molecule has 1 aromatic heterocycles. The van der Waals surface area contributed by atoms with Gasteiger partial charge in [0.1, 0.15) is 0 Å². The highest BCUT2D eigenvalue weighted by Gasteiger charge is 2.12. The predicted octanol–water partition coefficient (Wildman–Crippen LogP) is 3.44. The van der Waals surface area contributed by atoms with Crippen LogP contribution in [-0.4, -0.2) is 12.5 Å². The van der Waals surface area contributed by atoms with E-state index in [1.807, 2.05) is 11.4 Å². The Labute approximate surface area is 113 Å². The van der Waals surface area contributed by atoms with E-state index < -0.39 is 0 Å². The van der Waals surface area contributed by atoms with Crippen LogP contribution < -0.4 is 5.32 Å². The summed E-state index contributed by atoms with van der Waals surface area (Å²) in [6, 6.07) is 1.93. The molecule has 1 atom stereocenters. The van der Waals surface area contributed by atoms with Crippen molar-refractivity contribution in [2.75, 3.05) is 6.54 Å². The molecule has 0 radical (unpaired) electrons. The first-order chi connectivity index (χ1) is 7.75. The van der Waals surface area contributed by atoms with E-state index in [0.29, 0.717) is 5.92 Å². The predicted molar refractivity (Wildman–Crippen MR) is 75.9 cm³/mol. The lowest BCUT2D eigenvalue weighted by Crippen LogP contribution is -2.29. The standard InChI is InChI=1S/C12H14INOS/c13-11-6-10(8-16-11)12(15)14-7-9-4-2-1-3-5-9/h1-2,6,8-9H,3-5,7H2,(H,14,15). The van der Waals surface area contributed by atoms with Crippen molar-refractivity contribution in [2.24, 2.45) is 5.92 Å². The van der Waals surface area contributed by atoms with Gasteiger partial charge >= 0.3 is 0 Å². The largest absolute Gasteiger partial charge is 0.352 e. The van der Waals surface area contributed by atoms with E-state index in [9.17, 15) is 4.79 Å². The molecule has 0 bridgehead atoms. The Bertz CT molecular complexity index is 399. The maximum absolute atomic E-state index is 11.8. The minimum Gasteiger partial charge on any atom is -0.352 e. The molecule has 16 heavy (non-hydrogen) atoms. The highest BCUT2D eigenvalue weighted by molar-refractivity contribution is 14.1. The zero-order chi connectivity index (χ0) is 11.4. The number of rotatable bonds is 3. The van der Waals surface area contributed by atoms with E-state index in [1.165, 1.54) is 6.42 Å². The van der Waals surface area contributed by atoms with Crippen molar-refractivity contribution in [1.82, 2.24) is 5.32 Å². The highest BCUT2D eigenvalue weighted by Crippen LogP contribution is 2.18. The molecular weight excluding hydrogens is 333 g/mol. The van der Waals surface area contributed by atoms with Gasteiger partial charge in [-0.1, -0.05) is 12.2 Å². The molecule has 1 amide bonds. The molecule has 1 aromatic rings. The SMILES string of the molecule is O=C(NCC1CC=CCC1)c1csc(I)c1. The van der Waals surface area contributed by atoms with Gasteiger partial charge < -0.3 is 5.32 Å². The van der Waals surface area contributed by atoms with Gasteiger partial charge in [0, 0.05) is 11.9 Å². The fraction of sp³-hybridized carbons (Fsp3) is 0.417. The monoisotopic (exact) mass is 347 g/mol. The second-order valence-corrected chi connectivity index (χ2v) is 6.81. The van der Waals surface area contributed by atoms with Crippen LogP contribution in [0.5, 0.6) is 0 Å². The minimum atomic E-state index is 0.0636. The zero-order valence-corrected chi connectivity index (χ0v) is 11.9. The van der Waals surface area contributed by atoms with Gasteiger partial charge in [0.25, 0.3) is 5.91 Å². The lowest BCUT2D eigenvalue weighted by Gasteiger charge is -2.17. The van der Waals surface area contributed by atoms with E-state index in [0.717, 1.165) is 27.8 Å². The number of allylic oxidation sites excluding steroid dienone is 2. The number of carbonyl (C=O) groups is 1. The van der Waals surface area contributed by atoms with E-state index in [4.69, 9.17) is 0 Å². The Morgan fingerprint density at radius 2 is 2.44 bits per heavy atom. The third-order valence-electron chi connectivity index (χ3n) is 2.76. The average Bonchev–Trinajstić information content (AvgIpc) is 2.74. The van der Waals surface area contributed by atoms with Crippen molar-refractivity contribution in [2.45, 2.75) is 19.3 Å². The third kappa shape index (κ3) is 3.31. The van der Waals surface area contributed by atoms with E-state index >= 15 is 0 Å². The van der Waals surface area contributed by atoms with Crippen LogP contribution in [0.3, 0.4) is 0 Å². The number of carbonyl (C=O) groups excluding carboxylic acids is 1. The lowest BCUT2D eigenvalue weighted by atomic mass is 9.94. The maximum Gasteiger partial charge on any atom is 0.252 e. The summed E-state index contributed by atoms with van der Waals surface area (Å²) in [7, 11) is 0. The summed E-state index contributed by atoms with van der Waals surface area (Å²) in [5.74, 6) is 0.681. The first-order valence-corrected chi connectivity index (χ1v) is 7.39. The number of halogens is 1. The molecule has 0 aromatic carbocycles. The van der Waals surface area contributed by atoms with Crippen LogP contribution in [0, 0.1) is 8.80 Å². The van der Waals surface area contributed by atoms with Crippen LogP contribution in [-0.2, 0) is 0 Å². The molecule has 86 valence electrons. The first kappa shape index (κ1) is 12.1. The second-order valence-electron chi connectivity index (χ2n) is 4.00. The Hall–Kier alpha value is -0.360. The quantitative estimate of drug-likeness (QED) is 0.659. The molecule has 0 saturated carbocycles. The molecule has 1 aliphatic carbocycles. The molecule has 0 spiro atoms. The first-order valence-electron chi connectivity index (χ1n) is 5.43. The van der Waals surface area contributed by atoms with Crippen LogP contribution >= 0.6 is 33.9 Å². The van der Waals surface area contributed by atoms with Gasteiger partial charge in [-0.3, -0.25) is 4.79 Å². The van der Waals surface area contributed by atoms with Gasteiger partial charge in [0.15, 0.2) is 0 Å². The zero-order valence-electron chi connectivity index (χ0n) is 8.91. The molecule has 0 saturated heterocycles. The van der Waals surface area contributed by atoms with Gasteiger partial charge in [-0.15, -0.1) is 11.3 Å². The summed E-state index contributed by atoms with van der Waals surface area (Å²) in [5.41, 5.74) is 0.792. The van der Waals surface area contributed by atoms with E-state index in [-0.39, 0.29) is 5.91 Å². The van der Waals surface area contributed by atoms with Crippen LogP contribution in [0.25, 0.3) is 0 Å². The molecule has 4 heteroatoms.